The molecule has 2 aliphatic rings. The van der Waals surface area contributed by atoms with Crippen molar-refractivity contribution in [2.45, 2.75) is 20.3 Å². The van der Waals surface area contributed by atoms with Crippen molar-refractivity contribution in [1.82, 2.24) is 4.90 Å². The van der Waals surface area contributed by atoms with Crippen molar-refractivity contribution in [1.29, 1.82) is 0 Å². The Morgan fingerprint density at radius 2 is 2.30 bits per heavy atom. The van der Waals surface area contributed by atoms with Gasteiger partial charge in [0.1, 0.15) is 0 Å². The molecule has 0 aromatic heterocycles. The van der Waals surface area contributed by atoms with Crippen molar-refractivity contribution in [3.8, 4) is 0 Å². The second kappa shape index (κ2) is 1.58. The molecule has 0 aromatic rings. The Labute approximate surface area is 62.7 Å². The van der Waals surface area contributed by atoms with Gasteiger partial charge < -0.3 is 4.90 Å². The minimum absolute atomic E-state index is 0.401. The van der Waals surface area contributed by atoms with Crippen molar-refractivity contribution in [3.05, 3.63) is 12.3 Å². The van der Waals surface area contributed by atoms with Gasteiger partial charge in [0.2, 0.25) is 0 Å². The monoisotopic (exact) mass is 137 g/mol. The fourth-order valence-corrected chi connectivity index (χ4v) is 2.24. The van der Waals surface area contributed by atoms with E-state index in [1.165, 1.54) is 25.2 Å². The van der Waals surface area contributed by atoms with Crippen LogP contribution in [0.4, 0.5) is 0 Å². The van der Waals surface area contributed by atoms with Crippen molar-refractivity contribution >= 4 is 0 Å². The Hall–Kier alpha value is -0.460. The van der Waals surface area contributed by atoms with Crippen molar-refractivity contribution in [3.63, 3.8) is 0 Å². The topological polar surface area (TPSA) is 3.24 Å². The zero-order valence-electron chi connectivity index (χ0n) is 6.85. The van der Waals surface area contributed by atoms with Crippen LogP contribution in [0, 0.1) is 11.3 Å². The van der Waals surface area contributed by atoms with Gasteiger partial charge in [-0.15, -0.1) is 0 Å². The van der Waals surface area contributed by atoms with Crippen LogP contribution in [-0.2, 0) is 0 Å². The average molecular weight is 137 g/mol. The first-order valence-electron chi connectivity index (χ1n) is 4.06. The summed E-state index contributed by atoms with van der Waals surface area (Å²) >= 11 is 0. The highest BCUT2D eigenvalue weighted by molar-refractivity contribution is 5.18. The van der Waals surface area contributed by atoms with Gasteiger partial charge in [0.05, 0.1) is 0 Å². The van der Waals surface area contributed by atoms with Gasteiger partial charge >= 0.3 is 0 Å². The summed E-state index contributed by atoms with van der Waals surface area (Å²) in [6, 6.07) is 0. The number of nitrogens with zero attached hydrogens (tertiary/aromatic N) is 1. The molecule has 1 nitrogen and oxygen atoms in total. The lowest BCUT2D eigenvalue weighted by Crippen LogP contribution is -2.27. The van der Waals surface area contributed by atoms with Crippen LogP contribution in [0.15, 0.2) is 12.3 Å². The molecule has 10 heavy (non-hydrogen) atoms. The normalized spacial score (nSPS) is 35.6. The van der Waals surface area contributed by atoms with Gasteiger partial charge in [0.15, 0.2) is 0 Å². The van der Waals surface area contributed by atoms with Crippen molar-refractivity contribution < 1.29 is 0 Å². The van der Waals surface area contributed by atoms with E-state index in [9.17, 15) is 0 Å². The third-order valence-corrected chi connectivity index (χ3v) is 3.33. The summed E-state index contributed by atoms with van der Waals surface area (Å²) in [7, 11) is 0. The Bertz CT molecular complexity index is 181. The van der Waals surface area contributed by atoms with E-state index < -0.39 is 0 Å². The quantitative estimate of drug-likeness (QED) is 0.492. The molecule has 2 fully saturated rings. The van der Waals surface area contributed by atoms with E-state index in [1.807, 2.05) is 0 Å². The molecule has 0 radical (unpaired) electrons. The molecule has 2 aliphatic heterocycles. The van der Waals surface area contributed by atoms with E-state index in [2.05, 4.69) is 25.3 Å². The van der Waals surface area contributed by atoms with E-state index in [1.54, 1.807) is 0 Å². The summed E-state index contributed by atoms with van der Waals surface area (Å²) in [5, 5.41) is 0. The largest absolute Gasteiger partial charge is 0.375 e. The minimum Gasteiger partial charge on any atom is -0.375 e. The molecule has 1 atom stereocenters. The Kier molecular flexibility index (Phi) is 0.988. The summed E-state index contributed by atoms with van der Waals surface area (Å²) in [6.45, 7) is 11.3. The van der Waals surface area contributed by atoms with Gasteiger partial charge in [-0.2, -0.15) is 0 Å². The zero-order chi connectivity index (χ0) is 7.35. The molecule has 1 heteroatoms. The van der Waals surface area contributed by atoms with Crippen LogP contribution in [0.3, 0.4) is 0 Å². The van der Waals surface area contributed by atoms with Gasteiger partial charge in [-0.3, -0.25) is 0 Å². The van der Waals surface area contributed by atoms with Crippen molar-refractivity contribution in [2.24, 2.45) is 11.3 Å². The number of piperidine rings is 1. The van der Waals surface area contributed by atoms with Crippen LogP contribution in [0.5, 0.6) is 0 Å². The molecule has 0 aliphatic carbocycles. The smallest absolute Gasteiger partial charge is 0.0212 e. The third-order valence-electron chi connectivity index (χ3n) is 3.33. The van der Waals surface area contributed by atoms with Gasteiger partial charge in [-0.1, -0.05) is 20.4 Å². The molecular weight excluding hydrogens is 122 g/mol. The van der Waals surface area contributed by atoms with Crippen LogP contribution in [-0.4, -0.2) is 18.0 Å². The Morgan fingerprint density at radius 1 is 1.60 bits per heavy atom. The molecule has 2 bridgehead atoms. The summed E-state index contributed by atoms with van der Waals surface area (Å²) in [5.74, 6) is 0.889. The summed E-state index contributed by atoms with van der Waals surface area (Å²) in [6.07, 6.45) is 1.38. The SMILES string of the molecule is C=C1N2CCC(C2)C1(C)C. The maximum absolute atomic E-state index is 4.12. The van der Waals surface area contributed by atoms with Crippen molar-refractivity contribution in [2.75, 3.05) is 13.1 Å². The number of hydrogen-bond donors (Lipinski definition) is 0. The lowest BCUT2D eigenvalue weighted by molar-refractivity contribution is 0.280. The fourth-order valence-electron chi connectivity index (χ4n) is 2.24. The van der Waals surface area contributed by atoms with E-state index in [4.69, 9.17) is 0 Å². The van der Waals surface area contributed by atoms with Crippen LogP contribution in [0.25, 0.3) is 0 Å². The van der Waals surface area contributed by atoms with Crippen LogP contribution < -0.4 is 0 Å². The molecule has 0 amide bonds. The molecule has 0 spiro atoms. The lowest BCUT2D eigenvalue weighted by Gasteiger charge is -2.32. The maximum atomic E-state index is 4.12. The molecule has 0 saturated carbocycles. The number of rotatable bonds is 0. The first kappa shape index (κ1) is 6.26. The second-order valence-electron chi connectivity index (χ2n) is 4.10. The second-order valence-corrected chi connectivity index (χ2v) is 4.10. The molecule has 0 N–H and O–H groups in total. The fraction of sp³-hybridized carbons (Fsp3) is 0.778. The van der Waals surface area contributed by atoms with E-state index >= 15 is 0 Å². The minimum atomic E-state index is 0.401. The molecular formula is C9H15N. The highest BCUT2D eigenvalue weighted by Gasteiger charge is 2.46. The zero-order valence-corrected chi connectivity index (χ0v) is 6.85. The van der Waals surface area contributed by atoms with Gasteiger partial charge in [-0.25, -0.2) is 0 Å². The van der Waals surface area contributed by atoms with Gasteiger partial charge in [-0.05, 0) is 12.3 Å². The van der Waals surface area contributed by atoms with Crippen LogP contribution in [0.1, 0.15) is 20.3 Å². The number of fused-ring (bicyclic) bond motifs is 2. The molecule has 0 aromatic carbocycles. The van der Waals surface area contributed by atoms with E-state index in [0.29, 0.717) is 5.41 Å². The molecule has 56 valence electrons. The molecule has 2 rings (SSSR count). The Morgan fingerprint density at radius 3 is 2.60 bits per heavy atom. The van der Waals surface area contributed by atoms with Crippen LogP contribution in [0.2, 0.25) is 0 Å². The predicted octanol–water partition coefficient (Wildman–Crippen LogP) is 1.86. The predicted molar refractivity (Wildman–Crippen MR) is 42.6 cm³/mol. The molecule has 2 heterocycles. The highest BCUT2D eigenvalue weighted by Crippen LogP contribution is 2.48. The average Bonchev–Trinajstić information content (AvgIpc) is 2.37. The van der Waals surface area contributed by atoms with E-state index in [0.717, 1.165) is 5.92 Å². The standard InChI is InChI=1S/C9H15N/c1-7-9(2,3)8-4-5-10(7)6-8/h8H,1,4-6H2,2-3H3. The lowest BCUT2D eigenvalue weighted by atomic mass is 9.77. The summed E-state index contributed by atoms with van der Waals surface area (Å²) in [5.41, 5.74) is 1.77. The molecule has 1 unspecified atom stereocenters. The first-order chi connectivity index (χ1) is 4.62. The van der Waals surface area contributed by atoms with Gasteiger partial charge in [0, 0.05) is 24.2 Å². The summed E-state index contributed by atoms with van der Waals surface area (Å²) < 4.78 is 0. The Balaban J connectivity index is 2.34. The van der Waals surface area contributed by atoms with E-state index in [-0.39, 0.29) is 0 Å². The number of allylic oxidation sites excluding steroid dienone is 1. The molecule has 2 saturated heterocycles. The van der Waals surface area contributed by atoms with Gasteiger partial charge in [0.25, 0.3) is 0 Å². The number of hydrogen-bond acceptors (Lipinski definition) is 1. The maximum Gasteiger partial charge on any atom is 0.0212 e. The summed E-state index contributed by atoms with van der Waals surface area (Å²) in [4.78, 5) is 2.44. The highest BCUT2D eigenvalue weighted by atomic mass is 15.2. The third kappa shape index (κ3) is 0.536. The first-order valence-corrected chi connectivity index (χ1v) is 4.06. The van der Waals surface area contributed by atoms with Crippen LogP contribution >= 0.6 is 0 Å².